The number of carbonyl (C=O) groups excluding carboxylic acids is 1. The summed E-state index contributed by atoms with van der Waals surface area (Å²) in [5, 5.41) is 22.0. The fourth-order valence-corrected chi connectivity index (χ4v) is 2.84. The second-order valence-corrected chi connectivity index (χ2v) is 5.60. The van der Waals surface area contributed by atoms with Crippen molar-refractivity contribution in [2.45, 2.75) is 39.0 Å². The van der Waals surface area contributed by atoms with E-state index in [1.54, 1.807) is 19.1 Å². The van der Waals surface area contributed by atoms with Crippen LogP contribution in [0.15, 0.2) is 18.2 Å². The van der Waals surface area contributed by atoms with Crippen LogP contribution in [-0.2, 0) is 0 Å². The first-order valence-corrected chi connectivity index (χ1v) is 7.06. The van der Waals surface area contributed by atoms with Gasteiger partial charge in [0.2, 0.25) is 0 Å². The first-order chi connectivity index (χ1) is 9.58. The van der Waals surface area contributed by atoms with Gasteiger partial charge in [-0.15, -0.1) is 0 Å². The van der Waals surface area contributed by atoms with Crippen molar-refractivity contribution in [3.05, 3.63) is 29.3 Å². The number of nitriles is 1. The van der Waals surface area contributed by atoms with Crippen molar-refractivity contribution in [2.24, 2.45) is 5.41 Å². The maximum Gasteiger partial charge on any atom is 0.255 e. The summed E-state index contributed by atoms with van der Waals surface area (Å²) in [4.78, 5) is 12.2. The number of carbonyl (C=O) groups is 1. The molecule has 0 atom stereocenters. The molecule has 0 bridgehead atoms. The molecule has 0 saturated heterocycles. The summed E-state index contributed by atoms with van der Waals surface area (Å²) in [6, 6.07) is 7.37. The molecule has 0 heterocycles. The van der Waals surface area contributed by atoms with Crippen molar-refractivity contribution in [1.82, 2.24) is 5.32 Å². The van der Waals surface area contributed by atoms with Crippen molar-refractivity contribution in [3.8, 4) is 11.8 Å². The van der Waals surface area contributed by atoms with E-state index < -0.39 is 5.41 Å². The number of nitrogens with one attached hydrogen (secondary N) is 1. The Morgan fingerprint density at radius 1 is 1.40 bits per heavy atom. The molecule has 0 unspecified atom stereocenters. The Kier molecular flexibility index (Phi) is 4.29. The van der Waals surface area contributed by atoms with E-state index in [9.17, 15) is 15.2 Å². The number of phenolic OH excluding ortho intramolecular Hbond substituents is 1. The smallest absolute Gasteiger partial charge is 0.255 e. The number of aromatic hydroxyl groups is 1. The predicted molar refractivity (Wildman–Crippen MR) is 76.3 cm³/mol. The molecule has 1 aliphatic rings. The summed E-state index contributed by atoms with van der Waals surface area (Å²) < 4.78 is 0. The van der Waals surface area contributed by atoms with Crippen LogP contribution in [0.4, 0.5) is 0 Å². The Morgan fingerprint density at radius 2 is 2.10 bits per heavy atom. The zero-order chi connectivity index (χ0) is 14.6. The molecule has 1 aromatic rings. The quantitative estimate of drug-likeness (QED) is 0.888. The maximum absolute atomic E-state index is 12.2. The summed E-state index contributed by atoms with van der Waals surface area (Å²) >= 11 is 0. The summed E-state index contributed by atoms with van der Waals surface area (Å²) in [5.41, 5.74) is 0.597. The lowest BCUT2D eigenvalue weighted by molar-refractivity contribution is 0.0928. The normalized spacial score (nSPS) is 17.2. The van der Waals surface area contributed by atoms with E-state index in [2.05, 4.69) is 11.4 Å². The maximum atomic E-state index is 12.2. The molecule has 0 spiro atoms. The van der Waals surface area contributed by atoms with Gasteiger partial charge >= 0.3 is 0 Å². The summed E-state index contributed by atoms with van der Waals surface area (Å²) in [5.74, 6) is -0.321. The topological polar surface area (TPSA) is 73.1 Å². The molecule has 2 N–H and O–H groups in total. The lowest BCUT2D eigenvalue weighted by atomic mass is 9.75. The second kappa shape index (κ2) is 5.96. The number of rotatable bonds is 3. The van der Waals surface area contributed by atoms with E-state index in [0.717, 1.165) is 37.7 Å². The SMILES string of the molecule is Cc1cccc(O)c1C(=O)NCC1(C#N)CCCCC1. The number of aryl methyl sites for hydroxylation is 1. The third-order valence-electron chi connectivity index (χ3n) is 4.11. The van der Waals surface area contributed by atoms with Crippen molar-refractivity contribution in [1.29, 1.82) is 5.26 Å². The van der Waals surface area contributed by atoms with E-state index in [0.29, 0.717) is 12.1 Å². The Balaban J connectivity index is 2.07. The van der Waals surface area contributed by atoms with Crippen LogP contribution in [0.5, 0.6) is 5.75 Å². The minimum atomic E-state index is -0.438. The number of phenols is 1. The molecule has 0 radical (unpaired) electrons. The van der Waals surface area contributed by atoms with Gasteiger partial charge in [0.25, 0.3) is 5.91 Å². The number of hydrogen-bond acceptors (Lipinski definition) is 3. The lowest BCUT2D eigenvalue weighted by Gasteiger charge is -2.30. The lowest BCUT2D eigenvalue weighted by Crippen LogP contribution is -2.38. The Hall–Kier alpha value is -2.02. The van der Waals surface area contributed by atoms with E-state index in [4.69, 9.17) is 0 Å². The van der Waals surface area contributed by atoms with Gasteiger partial charge in [0.1, 0.15) is 5.75 Å². The molecule has 4 heteroatoms. The van der Waals surface area contributed by atoms with Crippen LogP contribution in [0.3, 0.4) is 0 Å². The molecule has 20 heavy (non-hydrogen) atoms. The van der Waals surface area contributed by atoms with Crippen molar-refractivity contribution >= 4 is 5.91 Å². The largest absolute Gasteiger partial charge is 0.507 e. The minimum Gasteiger partial charge on any atom is -0.507 e. The summed E-state index contributed by atoms with van der Waals surface area (Å²) in [7, 11) is 0. The van der Waals surface area contributed by atoms with E-state index in [-0.39, 0.29) is 11.7 Å². The molecule has 1 saturated carbocycles. The van der Waals surface area contributed by atoms with Crippen molar-refractivity contribution < 1.29 is 9.90 Å². The monoisotopic (exact) mass is 272 g/mol. The van der Waals surface area contributed by atoms with Gasteiger partial charge in [0.15, 0.2) is 0 Å². The van der Waals surface area contributed by atoms with Gasteiger partial charge < -0.3 is 10.4 Å². The first kappa shape index (κ1) is 14.4. The highest BCUT2D eigenvalue weighted by Crippen LogP contribution is 2.35. The van der Waals surface area contributed by atoms with Crippen LogP contribution < -0.4 is 5.32 Å². The number of amides is 1. The van der Waals surface area contributed by atoms with Gasteiger partial charge in [-0.3, -0.25) is 4.79 Å². The number of benzene rings is 1. The fourth-order valence-electron chi connectivity index (χ4n) is 2.84. The molecule has 1 amide bonds. The Morgan fingerprint density at radius 3 is 2.70 bits per heavy atom. The van der Waals surface area contributed by atoms with Gasteiger partial charge in [0.05, 0.1) is 17.0 Å². The minimum absolute atomic E-state index is 0.0165. The van der Waals surface area contributed by atoms with Crippen LogP contribution >= 0.6 is 0 Å². The molecule has 106 valence electrons. The highest BCUT2D eigenvalue weighted by atomic mass is 16.3. The van der Waals surface area contributed by atoms with Crippen LogP contribution in [0.2, 0.25) is 0 Å². The molecular formula is C16H20N2O2. The van der Waals surface area contributed by atoms with Gasteiger partial charge in [-0.25, -0.2) is 0 Å². The Labute approximate surface area is 119 Å². The number of hydrogen-bond donors (Lipinski definition) is 2. The molecular weight excluding hydrogens is 252 g/mol. The highest BCUT2D eigenvalue weighted by molar-refractivity contribution is 5.98. The van der Waals surface area contributed by atoms with Crippen LogP contribution in [-0.4, -0.2) is 17.6 Å². The van der Waals surface area contributed by atoms with Crippen molar-refractivity contribution in [3.63, 3.8) is 0 Å². The highest BCUT2D eigenvalue weighted by Gasteiger charge is 2.32. The van der Waals surface area contributed by atoms with Gasteiger partial charge in [-0.2, -0.15) is 5.26 Å². The van der Waals surface area contributed by atoms with Crippen LogP contribution in [0.1, 0.15) is 48.0 Å². The summed E-state index contributed by atoms with van der Waals surface area (Å²) in [6.07, 6.45) is 4.92. The summed E-state index contributed by atoms with van der Waals surface area (Å²) in [6.45, 7) is 2.14. The van der Waals surface area contributed by atoms with Crippen LogP contribution in [0, 0.1) is 23.7 Å². The second-order valence-electron chi connectivity index (χ2n) is 5.60. The van der Waals surface area contributed by atoms with E-state index >= 15 is 0 Å². The zero-order valence-corrected chi connectivity index (χ0v) is 11.8. The third kappa shape index (κ3) is 2.93. The number of nitrogens with zero attached hydrogens (tertiary/aromatic N) is 1. The van der Waals surface area contributed by atoms with Gasteiger partial charge in [0, 0.05) is 6.54 Å². The first-order valence-electron chi connectivity index (χ1n) is 7.06. The van der Waals surface area contributed by atoms with Gasteiger partial charge in [-0.05, 0) is 31.4 Å². The molecule has 1 fully saturated rings. The Bertz CT molecular complexity index is 520. The molecule has 4 nitrogen and oxygen atoms in total. The van der Waals surface area contributed by atoms with Gasteiger partial charge in [-0.1, -0.05) is 31.4 Å². The van der Waals surface area contributed by atoms with Crippen LogP contribution in [0.25, 0.3) is 0 Å². The zero-order valence-electron chi connectivity index (χ0n) is 11.8. The third-order valence-corrected chi connectivity index (χ3v) is 4.11. The standard InChI is InChI=1S/C16H20N2O2/c1-12-6-5-7-13(19)14(12)15(20)18-11-16(10-17)8-3-2-4-9-16/h5-7,19H,2-4,8-9,11H2,1H3,(H,18,20). The molecule has 1 aliphatic carbocycles. The van der Waals surface area contributed by atoms with E-state index in [1.807, 2.05) is 0 Å². The predicted octanol–water partition coefficient (Wildman–Crippen LogP) is 2.90. The molecule has 0 aliphatic heterocycles. The fraction of sp³-hybridized carbons (Fsp3) is 0.500. The molecule has 2 rings (SSSR count). The van der Waals surface area contributed by atoms with Crippen molar-refractivity contribution in [2.75, 3.05) is 6.54 Å². The molecule has 0 aromatic heterocycles. The average Bonchev–Trinajstić information content (AvgIpc) is 2.46. The van der Waals surface area contributed by atoms with E-state index in [1.165, 1.54) is 6.07 Å². The molecule has 1 aromatic carbocycles. The average molecular weight is 272 g/mol.